The van der Waals surface area contributed by atoms with Crippen LogP contribution in [-0.2, 0) is 0 Å². The molecule has 0 saturated carbocycles. The van der Waals surface area contributed by atoms with Crippen LogP contribution in [0.5, 0.6) is 0 Å². The first-order valence-electron chi connectivity index (χ1n) is 4.77. The van der Waals surface area contributed by atoms with Gasteiger partial charge in [-0.3, -0.25) is 4.79 Å². The molecule has 0 heterocycles. The molecule has 0 aliphatic rings. The molecule has 0 bridgehead atoms. The third-order valence-corrected chi connectivity index (χ3v) is 3.26. The van der Waals surface area contributed by atoms with Gasteiger partial charge >= 0.3 is 0 Å². The Hall–Kier alpha value is -0.710. The van der Waals surface area contributed by atoms with Crippen molar-refractivity contribution in [3.8, 4) is 0 Å². The van der Waals surface area contributed by atoms with Gasteiger partial charge in [-0.05, 0) is 24.3 Å². The van der Waals surface area contributed by atoms with E-state index in [1.165, 1.54) is 0 Å². The Kier molecular flexibility index (Phi) is 5.82. The Bertz CT molecular complexity index is 432. The van der Waals surface area contributed by atoms with Crippen molar-refractivity contribution >= 4 is 50.6 Å². The molecule has 0 aliphatic carbocycles. The highest BCUT2D eigenvalue weighted by Crippen LogP contribution is 2.17. The molecule has 0 spiro atoms. The number of hydrogen-bond donors (Lipinski definition) is 2. The topological polar surface area (TPSA) is 41.1 Å². The lowest BCUT2D eigenvalue weighted by Gasteiger charge is -2.07. The average molecular weight is 338 g/mol. The molecule has 1 rings (SSSR count). The average Bonchev–Trinajstić information content (AvgIpc) is 2.37. The van der Waals surface area contributed by atoms with Crippen molar-refractivity contribution in [1.29, 1.82) is 0 Å². The van der Waals surface area contributed by atoms with Crippen LogP contribution in [0.25, 0.3) is 0 Å². The summed E-state index contributed by atoms with van der Waals surface area (Å²) in [4.78, 5) is 11.4. The molecule has 1 aromatic carbocycles. The van der Waals surface area contributed by atoms with Crippen LogP contribution in [0.15, 0.2) is 34.6 Å². The molecule has 0 saturated heterocycles. The molecule has 17 heavy (non-hydrogen) atoms. The van der Waals surface area contributed by atoms with Gasteiger partial charge in [0.25, 0.3) is 0 Å². The fourth-order valence-electron chi connectivity index (χ4n) is 1.11. The van der Waals surface area contributed by atoms with Gasteiger partial charge in [-0.2, -0.15) is 0 Å². The number of carbonyl (C=O) groups is 1. The van der Waals surface area contributed by atoms with E-state index in [-0.39, 0.29) is 5.78 Å². The SMILES string of the molecule is CN/C(Cl)=C(/Cl)Nc1ccc(C(=O)CBr)cc1. The van der Waals surface area contributed by atoms with E-state index in [0.29, 0.717) is 21.2 Å². The lowest BCUT2D eigenvalue weighted by molar-refractivity contribution is 0.102. The highest BCUT2D eigenvalue weighted by atomic mass is 79.9. The van der Waals surface area contributed by atoms with Crippen molar-refractivity contribution < 1.29 is 4.79 Å². The predicted octanol–water partition coefficient (Wildman–Crippen LogP) is 3.50. The zero-order chi connectivity index (χ0) is 12.8. The largest absolute Gasteiger partial charge is 0.376 e. The minimum absolute atomic E-state index is 0.0337. The molecule has 3 nitrogen and oxygen atoms in total. The second kappa shape index (κ2) is 6.89. The zero-order valence-electron chi connectivity index (χ0n) is 9.06. The standard InChI is InChI=1S/C11H11BrCl2N2O/c1-15-10(13)11(14)16-8-4-2-7(3-5-8)9(17)6-12/h2-5,15-16H,6H2,1H3/b11-10-. The number of alkyl halides is 1. The van der Waals surface area contributed by atoms with Gasteiger partial charge in [0.05, 0.1) is 5.33 Å². The molecule has 0 aromatic heterocycles. The van der Waals surface area contributed by atoms with Crippen molar-refractivity contribution in [1.82, 2.24) is 5.32 Å². The number of rotatable bonds is 5. The number of nitrogens with one attached hydrogen (secondary N) is 2. The molecule has 0 fully saturated rings. The normalized spacial score (nSPS) is 11.8. The molecule has 0 aliphatic heterocycles. The minimum atomic E-state index is 0.0337. The van der Waals surface area contributed by atoms with Crippen molar-refractivity contribution in [2.75, 3.05) is 17.7 Å². The van der Waals surface area contributed by atoms with Crippen LogP contribution in [0.1, 0.15) is 10.4 Å². The molecule has 92 valence electrons. The highest BCUT2D eigenvalue weighted by Gasteiger charge is 2.04. The fourth-order valence-corrected chi connectivity index (χ4v) is 1.68. The van der Waals surface area contributed by atoms with E-state index in [2.05, 4.69) is 26.6 Å². The Labute approximate surface area is 118 Å². The molecule has 0 unspecified atom stereocenters. The summed E-state index contributed by atoms with van der Waals surface area (Å²) < 4.78 is 0. The molecule has 0 atom stereocenters. The lowest BCUT2D eigenvalue weighted by Crippen LogP contribution is -2.06. The summed E-state index contributed by atoms with van der Waals surface area (Å²) >= 11 is 14.8. The third-order valence-electron chi connectivity index (χ3n) is 1.99. The summed E-state index contributed by atoms with van der Waals surface area (Å²) in [6.07, 6.45) is 0. The van der Waals surface area contributed by atoms with Crippen LogP contribution in [0, 0.1) is 0 Å². The van der Waals surface area contributed by atoms with Crippen molar-refractivity contribution in [3.05, 3.63) is 40.1 Å². The van der Waals surface area contributed by atoms with E-state index in [1.54, 1.807) is 31.3 Å². The minimum Gasteiger partial charge on any atom is -0.376 e. The zero-order valence-corrected chi connectivity index (χ0v) is 12.2. The second-order valence-corrected chi connectivity index (χ2v) is 4.45. The van der Waals surface area contributed by atoms with Gasteiger partial charge in [-0.25, -0.2) is 0 Å². The van der Waals surface area contributed by atoms with Crippen molar-refractivity contribution in [2.45, 2.75) is 0 Å². The van der Waals surface area contributed by atoms with E-state index in [9.17, 15) is 4.79 Å². The summed E-state index contributed by atoms with van der Waals surface area (Å²) in [5.74, 6) is 0.0337. The maximum Gasteiger partial charge on any atom is 0.173 e. The quantitative estimate of drug-likeness (QED) is 0.491. The van der Waals surface area contributed by atoms with E-state index in [1.807, 2.05) is 0 Å². The first-order valence-corrected chi connectivity index (χ1v) is 6.65. The van der Waals surface area contributed by atoms with Gasteiger partial charge in [0.1, 0.15) is 10.3 Å². The van der Waals surface area contributed by atoms with Gasteiger partial charge in [0.2, 0.25) is 0 Å². The van der Waals surface area contributed by atoms with Crippen LogP contribution >= 0.6 is 39.1 Å². The summed E-state index contributed by atoms with van der Waals surface area (Å²) in [5, 5.41) is 6.56. The molecule has 2 N–H and O–H groups in total. The molecule has 6 heteroatoms. The third kappa shape index (κ3) is 4.22. The Balaban J connectivity index is 2.79. The Morgan fingerprint density at radius 2 is 1.82 bits per heavy atom. The summed E-state index contributed by atoms with van der Waals surface area (Å²) in [6, 6.07) is 6.98. The van der Waals surface area contributed by atoms with Crippen LogP contribution < -0.4 is 10.6 Å². The van der Waals surface area contributed by atoms with Crippen LogP contribution in [0.2, 0.25) is 0 Å². The summed E-state index contributed by atoms with van der Waals surface area (Å²) in [7, 11) is 1.67. The monoisotopic (exact) mass is 336 g/mol. The Morgan fingerprint density at radius 3 is 2.29 bits per heavy atom. The fraction of sp³-hybridized carbons (Fsp3) is 0.182. The van der Waals surface area contributed by atoms with Crippen molar-refractivity contribution in [3.63, 3.8) is 0 Å². The van der Waals surface area contributed by atoms with Crippen LogP contribution in [0.3, 0.4) is 0 Å². The maximum atomic E-state index is 11.4. The molecule has 0 amide bonds. The van der Waals surface area contributed by atoms with Crippen LogP contribution in [0.4, 0.5) is 5.69 Å². The molecular weight excluding hydrogens is 327 g/mol. The van der Waals surface area contributed by atoms with Gasteiger partial charge in [0, 0.05) is 18.3 Å². The van der Waals surface area contributed by atoms with Gasteiger partial charge in [-0.1, -0.05) is 39.1 Å². The number of ketones is 1. The maximum absolute atomic E-state index is 11.4. The Morgan fingerprint density at radius 1 is 1.24 bits per heavy atom. The molecule has 1 aromatic rings. The number of carbonyl (C=O) groups excluding carboxylic acids is 1. The van der Waals surface area contributed by atoms with Crippen LogP contribution in [-0.4, -0.2) is 18.2 Å². The first-order chi connectivity index (χ1) is 8.08. The van der Waals surface area contributed by atoms with Crippen molar-refractivity contribution in [2.24, 2.45) is 0 Å². The highest BCUT2D eigenvalue weighted by molar-refractivity contribution is 9.09. The van der Waals surface area contributed by atoms with E-state index in [0.717, 1.165) is 5.69 Å². The molecule has 0 radical (unpaired) electrons. The summed E-state index contributed by atoms with van der Waals surface area (Å²) in [5.41, 5.74) is 1.40. The van der Waals surface area contributed by atoms with Gasteiger partial charge in [0.15, 0.2) is 5.78 Å². The van der Waals surface area contributed by atoms with E-state index in [4.69, 9.17) is 23.2 Å². The number of benzene rings is 1. The van der Waals surface area contributed by atoms with E-state index < -0.39 is 0 Å². The smallest absolute Gasteiger partial charge is 0.173 e. The number of halogens is 3. The van der Waals surface area contributed by atoms with E-state index >= 15 is 0 Å². The number of anilines is 1. The predicted molar refractivity (Wildman–Crippen MR) is 76.0 cm³/mol. The van der Waals surface area contributed by atoms with Gasteiger partial charge in [-0.15, -0.1) is 0 Å². The first kappa shape index (κ1) is 14.4. The van der Waals surface area contributed by atoms with Gasteiger partial charge < -0.3 is 10.6 Å². The molecular formula is C11H11BrCl2N2O. The lowest BCUT2D eigenvalue weighted by atomic mass is 10.1. The number of hydrogen-bond acceptors (Lipinski definition) is 3. The second-order valence-electron chi connectivity index (χ2n) is 3.14. The number of Topliss-reactive ketones (excluding diaryl/α,β-unsaturated/α-hetero) is 1. The summed E-state index contributed by atoms with van der Waals surface area (Å²) in [6.45, 7) is 0.